The standard InChI is InChI=1S/C20H23Cl2N3O2/c1-14-4-7-16(8-5-14)23-19(26)12-24(2)13-20(27)25(3)11-15-6-9-17(21)18(22)10-15/h4-10H,11-13H2,1-3H3,(H,23,26)/p+1. The van der Waals surface area contributed by atoms with Gasteiger partial charge in [-0.25, -0.2) is 0 Å². The Bertz CT molecular complexity index is 809. The molecule has 0 spiro atoms. The molecule has 2 aromatic carbocycles. The van der Waals surface area contributed by atoms with Gasteiger partial charge in [-0.05, 0) is 36.8 Å². The molecule has 0 fully saturated rings. The molecule has 0 radical (unpaired) electrons. The number of anilines is 1. The third-order valence-corrected chi connectivity index (χ3v) is 4.82. The Kier molecular flexibility index (Phi) is 7.66. The summed E-state index contributed by atoms with van der Waals surface area (Å²) in [5, 5.41) is 3.79. The van der Waals surface area contributed by atoms with E-state index in [1.165, 1.54) is 0 Å². The fraction of sp³-hybridized carbons (Fsp3) is 0.300. The van der Waals surface area contributed by atoms with Crippen LogP contribution in [0.3, 0.4) is 0 Å². The fourth-order valence-electron chi connectivity index (χ4n) is 2.57. The molecule has 2 aromatic rings. The molecule has 2 N–H and O–H groups in total. The van der Waals surface area contributed by atoms with E-state index in [-0.39, 0.29) is 24.9 Å². The molecular weight excluding hydrogens is 385 g/mol. The molecule has 1 unspecified atom stereocenters. The van der Waals surface area contributed by atoms with Crippen molar-refractivity contribution in [3.05, 3.63) is 63.6 Å². The molecule has 0 bridgehead atoms. The van der Waals surface area contributed by atoms with Gasteiger partial charge in [0, 0.05) is 19.3 Å². The minimum atomic E-state index is -0.128. The van der Waals surface area contributed by atoms with Crippen molar-refractivity contribution in [2.45, 2.75) is 13.5 Å². The highest BCUT2D eigenvalue weighted by atomic mass is 35.5. The molecule has 7 heteroatoms. The Morgan fingerprint density at radius 2 is 1.70 bits per heavy atom. The van der Waals surface area contributed by atoms with Crippen molar-refractivity contribution in [1.29, 1.82) is 0 Å². The van der Waals surface area contributed by atoms with Crippen LogP contribution in [0.5, 0.6) is 0 Å². The van der Waals surface area contributed by atoms with Crippen molar-refractivity contribution < 1.29 is 14.5 Å². The molecule has 1 atom stereocenters. The summed E-state index contributed by atoms with van der Waals surface area (Å²) in [6, 6.07) is 12.9. The van der Waals surface area contributed by atoms with E-state index in [2.05, 4.69) is 5.32 Å². The van der Waals surface area contributed by atoms with E-state index in [0.717, 1.165) is 21.7 Å². The Balaban J connectivity index is 1.81. The van der Waals surface area contributed by atoms with Crippen LogP contribution in [0.2, 0.25) is 10.0 Å². The van der Waals surface area contributed by atoms with E-state index in [0.29, 0.717) is 16.6 Å². The van der Waals surface area contributed by atoms with Crippen LogP contribution in [0.15, 0.2) is 42.5 Å². The zero-order valence-corrected chi connectivity index (χ0v) is 17.2. The van der Waals surface area contributed by atoms with Gasteiger partial charge in [0.05, 0.1) is 17.1 Å². The first-order valence-electron chi connectivity index (χ1n) is 8.60. The van der Waals surface area contributed by atoms with Gasteiger partial charge in [-0.1, -0.05) is 47.0 Å². The van der Waals surface area contributed by atoms with E-state index < -0.39 is 0 Å². The Hall–Kier alpha value is -2.08. The second-order valence-electron chi connectivity index (χ2n) is 6.72. The van der Waals surface area contributed by atoms with Gasteiger partial charge in [-0.15, -0.1) is 0 Å². The number of benzene rings is 2. The molecule has 5 nitrogen and oxygen atoms in total. The van der Waals surface area contributed by atoms with E-state index in [1.807, 2.05) is 44.3 Å². The van der Waals surface area contributed by atoms with Gasteiger partial charge in [-0.3, -0.25) is 9.59 Å². The number of carbonyl (C=O) groups is 2. The monoisotopic (exact) mass is 408 g/mol. The van der Waals surface area contributed by atoms with Crippen LogP contribution in [0.1, 0.15) is 11.1 Å². The van der Waals surface area contributed by atoms with Crippen LogP contribution in [0, 0.1) is 6.92 Å². The summed E-state index contributed by atoms with van der Waals surface area (Å²) in [5.74, 6) is -0.182. The summed E-state index contributed by atoms with van der Waals surface area (Å²) in [4.78, 5) is 27.0. The van der Waals surface area contributed by atoms with Crippen molar-refractivity contribution in [3.63, 3.8) is 0 Å². The van der Waals surface area contributed by atoms with Gasteiger partial charge in [0.2, 0.25) is 0 Å². The number of carbonyl (C=O) groups excluding carboxylic acids is 2. The molecule has 2 amide bonds. The van der Waals surface area contributed by atoms with Crippen LogP contribution in [0.4, 0.5) is 5.69 Å². The Morgan fingerprint density at radius 3 is 2.33 bits per heavy atom. The zero-order chi connectivity index (χ0) is 20.0. The molecule has 0 aliphatic heterocycles. The number of aryl methyl sites for hydroxylation is 1. The summed E-state index contributed by atoms with van der Waals surface area (Å²) >= 11 is 11.9. The lowest BCUT2D eigenvalue weighted by Gasteiger charge is -2.20. The maximum absolute atomic E-state index is 12.4. The van der Waals surface area contributed by atoms with Crippen molar-refractivity contribution in [1.82, 2.24) is 4.90 Å². The van der Waals surface area contributed by atoms with Gasteiger partial charge in [0.25, 0.3) is 11.8 Å². The number of amides is 2. The number of nitrogens with one attached hydrogen (secondary N) is 2. The molecule has 0 saturated carbocycles. The first-order chi connectivity index (χ1) is 12.7. The van der Waals surface area contributed by atoms with E-state index in [4.69, 9.17) is 23.2 Å². The second-order valence-corrected chi connectivity index (χ2v) is 7.54. The second kappa shape index (κ2) is 9.74. The molecule has 144 valence electrons. The van der Waals surface area contributed by atoms with Crippen molar-refractivity contribution in [3.8, 4) is 0 Å². The average molecular weight is 409 g/mol. The molecule has 0 aliphatic carbocycles. The summed E-state index contributed by atoms with van der Waals surface area (Å²) in [6.45, 7) is 2.85. The number of hydrogen-bond acceptors (Lipinski definition) is 2. The maximum atomic E-state index is 12.4. The molecule has 0 heterocycles. The lowest BCUT2D eigenvalue weighted by Crippen LogP contribution is -3.11. The first-order valence-corrected chi connectivity index (χ1v) is 9.36. The van der Waals surface area contributed by atoms with Crippen LogP contribution in [-0.2, 0) is 16.1 Å². The summed E-state index contributed by atoms with van der Waals surface area (Å²) < 4.78 is 0. The average Bonchev–Trinajstić information content (AvgIpc) is 2.60. The number of hydrogen-bond donors (Lipinski definition) is 2. The highest BCUT2D eigenvalue weighted by Crippen LogP contribution is 2.23. The minimum absolute atomic E-state index is 0.0540. The van der Waals surface area contributed by atoms with Gasteiger partial charge in [0.1, 0.15) is 0 Å². The smallest absolute Gasteiger partial charge is 0.279 e. The molecule has 0 saturated heterocycles. The van der Waals surface area contributed by atoms with Crippen LogP contribution in [0.25, 0.3) is 0 Å². The van der Waals surface area contributed by atoms with Gasteiger partial charge in [-0.2, -0.15) is 0 Å². The molecule has 27 heavy (non-hydrogen) atoms. The van der Waals surface area contributed by atoms with E-state index >= 15 is 0 Å². The summed E-state index contributed by atoms with van der Waals surface area (Å²) in [5.41, 5.74) is 2.78. The van der Waals surface area contributed by atoms with Gasteiger partial charge in [0.15, 0.2) is 13.1 Å². The topological polar surface area (TPSA) is 53.9 Å². The first kappa shape index (κ1) is 21.2. The molecule has 0 aromatic heterocycles. The van der Waals surface area contributed by atoms with Crippen LogP contribution >= 0.6 is 23.2 Å². The Morgan fingerprint density at radius 1 is 1.04 bits per heavy atom. The predicted octanol–water partition coefficient (Wildman–Crippen LogP) is 2.41. The normalized spacial score (nSPS) is 11.7. The third kappa shape index (κ3) is 6.86. The Labute approximate surface area is 169 Å². The van der Waals surface area contributed by atoms with Crippen LogP contribution in [-0.4, -0.2) is 43.9 Å². The van der Waals surface area contributed by atoms with Crippen molar-refractivity contribution >= 4 is 40.7 Å². The molecule has 0 aliphatic rings. The quantitative estimate of drug-likeness (QED) is 0.738. The fourth-order valence-corrected chi connectivity index (χ4v) is 2.89. The number of halogens is 2. The van der Waals surface area contributed by atoms with Crippen molar-refractivity contribution in [2.24, 2.45) is 0 Å². The van der Waals surface area contributed by atoms with Crippen molar-refractivity contribution in [2.75, 3.05) is 32.5 Å². The highest BCUT2D eigenvalue weighted by Gasteiger charge is 2.18. The molecule has 2 rings (SSSR count). The number of quaternary nitrogens is 1. The SMILES string of the molecule is Cc1ccc(NC(=O)C[NH+](C)CC(=O)N(C)Cc2ccc(Cl)c(Cl)c2)cc1. The number of rotatable bonds is 7. The van der Waals surface area contributed by atoms with Gasteiger partial charge < -0.3 is 15.1 Å². The lowest BCUT2D eigenvalue weighted by molar-refractivity contribution is -0.862. The lowest BCUT2D eigenvalue weighted by atomic mass is 10.2. The number of nitrogens with zero attached hydrogens (tertiary/aromatic N) is 1. The van der Waals surface area contributed by atoms with E-state index in [1.54, 1.807) is 24.1 Å². The maximum Gasteiger partial charge on any atom is 0.279 e. The minimum Gasteiger partial charge on any atom is -0.337 e. The summed E-state index contributed by atoms with van der Waals surface area (Å²) in [7, 11) is 3.55. The van der Waals surface area contributed by atoms with E-state index in [9.17, 15) is 9.59 Å². The van der Waals surface area contributed by atoms with Crippen LogP contribution < -0.4 is 10.2 Å². The van der Waals surface area contributed by atoms with Gasteiger partial charge >= 0.3 is 0 Å². The summed E-state index contributed by atoms with van der Waals surface area (Å²) in [6.07, 6.45) is 0. The predicted molar refractivity (Wildman–Crippen MR) is 109 cm³/mol. The third-order valence-electron chi connectivity index (χ3n) is 4.08. The molecular formula is C20H24Cl2N3O2+. The highest BCUT2D eigenvalue weighted by molar-refractivity contribution is 6.42. The zero-order valence-electron chi connectivity index (χ0n) is 15.7. The number of likely N-dealkylation sites (N-methyl/N-ethyl adjacent to an activating group) is 2. The largest absolute Gasteiger partial charge is 0.337 e.